The molecule has 0 N–H and O–H groups in total. The highest BCUT2D eigenvalue weighted by atomic mass is 79.9. The Bertz CT molecular complexity index is 591. The van der Waals surface area contributed by atoms with Crippen molar-refractivity contribution in [2.24, 2.45) is 0 Å². The number of halogens is 1. The van der Waals surface area contributed by atoms with Gasteiger partial charge in [-0.2, -0.15) is 0 Å². The maximum atomic E-state index is 11.0. The van der Waals surface area contributed by atoms with Crippen LogP contribution in [-0.2, 0) is 0 Å². The summed E-state index contributed by atoms with van der Waals surface area (Å²) in [5, 5.41) is 0. The molecule has 0 unspecified atom stereocenters. The van der Waals surface area contributed by atoms with Crippen molar-refractivity contribution in [2.45, 2.75) is 19.8 Å². The monoisotopic (exact) mass is 318 g/mol. The summed E-state index contributed by atoms with van der Waals surface area (Å²) in [7, 11) is 0. The number of ether oxygens (including phenoxy) is 1. The van der Waals surface area contributed by atoms with Gasteiger partial charge >= 0.3 is 0 Å². The molecule has 0 saturated carbocycles. The Balaban J connectivity index is 2.40. The summed E-state index contributed by atoms with van der Waals surface area (Å²) in [6, 6.07) is 13.1. The molecule has 3 heteroatoms. The summed E-state index contributed by atoms with van der Waals surface area (Å²) in [5.74, 6) is 1.71. The minimum absolute atomic E-state index is 0.343. The second-order valence-corrected chi connectivity index (χ2v) is 5.51. The molecule has 0 aromatic heterocycles. The maximum absolute atomic E-state index is 11.0. The maximum Gasteiger partial charge on any atom is 0.153 e. The first-order chi connectivity index (χ1) is 9.11. The number of rotatable bonds is 4. The second kappa shape index (κ2) is 6.02. The van der Waals surface area contributed by atoms with E-state index in [0.717, 1.165) is 22.1 Å². The van der Waals surface area contributed by atoms with Crippen molar-refractivity contribution in [3.63, 3.8) is 0 Å². The molecule has 98 valence electrons. The van der Waals surface area contributed by atoms with Crippen LogP contribution in [0.15, 0.2) is 46.9 Å². The van der Waals surface area contributed by atoms with Crippen molar-refractivity contribution < 1.29 is 9.53 Å². The molecular formula is C16H15BrO2. The lowest BCUT2D eigenvalue weighted by atomic mass is 10.0. The Labute approximate surface area is 121 Å². The van der Waals surface area contributed by atoms with Crippen LogP contribution in [0, 0.1) is 0 Å². The molecule has 0 aliphatic heterocycles. The number of carbonyl (C=O) groups excluding carboxylic acids is 1. The highest BCUT2D eigenvalue weighted by molar-refractivity contribution is 9.10. The van der Waals surface area contributed by atoms with E-state index in [1.54, 1.807) is 12.1 Å². The number of hydrogen-bond acceptors (Lipinski definition) is 2. The Kier molecular flexibility index (Phi) is 4.38. The largest absolute Gasteiger partial charge is 0.456 e. The van der Waals surface area contributed by atoms with E-state index in [2.05, 4.69) is 29.8 Å². The van der Waals surface area contributed by atoms with Crippen molar-refractivity contribution in [3.05, 3.63) is 58.1 Å². The smallest absolute Gasteiger partial charge is 0.153 e. The topological polar surface area (TPSA) is 26.3 Å². The molecule has 2 aromatic carbocycles. The third-order valence-corrected chi connectivity index (χ3v) is 3.35. The molecule has 0 radical (unpaired) electrons. The molecule has 0 bridgehead atoms. The van der Waals surface area contributed by atoms with Crippen LogP contribution < -0.4 is 4.74 Å². The van der Waals surface area contributed by atoms with Crippen LogP contribution in [0.2, 0.25) is 0 Å². The van der Waals surface area contributed by atoms with E-state index >= 15 is 0 Å². The molecule has 2 nitrogen and oxygen atoms in total. The minimum Gasteiger partial charge on any atom is -0.456 e. The highest BCUT2D eigenvalue weighted by Gasteiger charge is 2.11. The van der Waals surface area contributed by atoms with Gasteiger partial charge in [-0.1, -0.05) is 41.9 Å². The normalized spacial score (nSPS) is 10.5. The number of aldehydes is 1. The van der Waals surface area contributed by atoms with Gasteiger partial charge in [-0.05, 0) is 41.8 Å². The highest BCUT2D eigenvalue weighted by Crippen LogP contribution is 2.33. The summed E-state index contributed by atoms with van der Waals surface area (Å²) in [6.45, 7) is 4.22. The van der Waals surface area contributed by atoms with Crippen LogP contribution in [0.1, 0.15) is 35.7 Å². The van der Waals surface area contributed by atoms with Gasteiger partial charge in [0.2, 0.25) is 0 Å². The summed E-state index contributed by atoms with van der Waals surface area (Å²) in [5.41, 5.74) is 1.66. The molecule has 0 heterocycles. The van der Waals surface area contributed by atoms with Crippen molar-refractivity contribution >= 4 is 22.2 Å². The molecule has 0 spiro atoms. The van der Waals surface area contributed by atoms with E-state index in [1.165, 1.54) is 0 Å². The molecule has 0 aliphatic rings. The van der Waals surface area contributed by atoms with E-state index in [1.807, 2.05) is 30.3 Å². The van der Waals surface area contributed by atoms with Crippen molar-refractivity contribution in [1.29, 1.82) is 0 Å². The standard InChI is InChI=1S/C16H15BrO2/c1-11(2)14-9-13(17)7-8-16(14)19-15-6-4-3-5-12(15)10-18/h3-11H,1-2H3. The molecule has 0 amide bonds. The number of benzene rings is 2. The van der Waals surface area contributed by atoms with Crippen LogP contribution in [0.3, 0.4) is 0 Å². The minimum atomic E-state index is 0.343. The fourth-order valence-corrected chi connectivity index (χ4v) is 2.23. The summed E-state index contributed by atoms with van der Waals surface area (Å²) in [6.07, 6.45) is 0.809. The Morgan fingerprint density at radius 1 is 1.11 bits per heavy atom. The zero-order valence-corrected chi connectivity index (χ0v) is 12.5. The van der Waals surface area contributed by atoms with Gasteiger partial charge in [0.15, 0.2) is 6.29 Å². The van der Waals surface area contributed by atoms with Crippen molar-refractivity contribution in [2.75, 3.05) is 0 Å². The molecule has 0 fully saturated rings. The Hall–Kier alpha value is -1.61. The first-order valence-electron chi connectivity index (χ1n) is 6.13. The van der Waals surface area contributed by atoms with E-state index < -0.39 is 0 Å². The van der Waals surface area contributed by atoms with E-state index in [4.69, 9.17) is 4.74 Å². The van der Waals surface area contributed by atoms with Gasteiger partial charge in [0.25, 0.3) is 0 Å². The van der Waals surface area contributed by atoms with Crippen molar-refractivity contribution in [3.8, 4) is 11.5 Å². The second-order valence-electron chi connectivity index (χ2n) is 4.59. The summed E-state index contributed by atoms with van der Waals surface area (Å²) in [4.78, 5) is 11.0. The molecular weight excluding hydrogens is 304 g/mol. The van der Waals surface area contributed by atoms with Crippen LogP contribution in [-0.4, -0.2) is 6.29 Å². The molecule has 2 rings (SSSR count). The summed E-state index contributed by atoms with van der Waals surface area (Å²) < 4.78 is 6.92. The molecule has 19 heavy (non-hydrogen) atoms. The van der Waals surface area contributed by atoms with Crippen LogP contribution in [0.5, 0.6) is 11.5 Å². The zero-order chi connectivity index (χ0) is 13.8. The van der Waals surface area contributed by atoms with Gasteiger partial charge < -0.3 is 4.74 Å². The first kappa shape index (κ1) is 13.8. The third-order valence-electron chi connectivity index (χ3n) is 2.86. The Morgan fingerprint density at radius 2 is 1.84 bits per heavy atom. The van der Waals surface area contributed by atoms with Gasteiger partial charge in [-0.3, -0.25) is 4.79 Å². The predicted octanol–water partition coefficient (Wildman–Crippen LogP) is 5.18. The van der Waals surface area contributed by atoms with E-state index in [-0.39, 0.29) is 0 Å². The van der Waals surface area contributed by atoms with Crippen LogP contribution in [0.25, 0.3) is 0 Å². The third kappa shape index (κ3) is 3.24. The molecule has 0 atom stereocenters. The number of carbonyl (C=O) groups is 1. The lowest BCUT2D eigenvalue weighted by Crippen LogP contribution is -1.96. The van der Waals surface area contributed by atoms with Crippen LogP contribution in [0.4, 0.5) is 0 Å². The SMILES string of the molecule is CC(C)c1cc(Br)ccc1Oc1ccccc1C=O. The van der Waals surface area contributed by atoms with Gasteiger partial charge in [-0.15, -0.1) is 0 Å². The first-order valence-corrected chi connectivity index (χ1v) is 6.92. The quantitative estimate of drug-likeness (QED) is 0.726. The average molecular weight is 319 g/mol. The molecule has 0 aliphatic carbocycles. The lowest BCUT2D eigenvalue weighted by molar-refractivity contribution is 0.112. The van der Waals surface area contributed by atoms with Gasteiger partial charge in [0.1, 0.15) is 11.5 Å². The van der Waals surface area contributed by atoms with Gasteiger partial charge in [-0.25, -0.2) is 0 Å². The number of para-hydroxylation sites is 1. The average Bonchev–Trinajstić information content (AvgIpc) is 2.41. The van der Waals surface area contributed by atoms with Crippen molar-refractivity contribution in [1.82, 2.24) is 0 Å². The Morgan fingerprint density at radius 3 is 2.53 bits per heavy atom. The fraction of sp³-hybridized carbons (Fsp3) is 0.188. The van der Waals surface area contributed by atoms with E-state index in [0.29, 0.717) is 17.2 Å². The van der Waals surface area contributed by atoms with Crippen LogP contribution >= 0.6 is 15.9 Å². The summed E-state index contributed by atoms with van der Waals surface area (Å²) >= 11 is 3.47. The van der Waals surface area contributed by atoms with Gasteiger partial charge in [0, 0.05) is 4.47 Å². The lowest BCUT2D eigenvalue weighted by Gasteiger charge is -2.15. The fourth-order valence-electron chi connectivity index (χ4n) is 1.85. The van der Waals surface area contributed by atoms with Gasteiger partial charge in [0.05, 0.1) is 5.56 Å². The van der Waals surface area contributed by atoms with E-state index in [9.17, 15) is 4.79 Å². The molecule has 2 aromatic rings. The molecule has 0 saturated heterocycles. The predicted molar refractivity (Wildman–Crippen MR) is 80.1 cm³/mol. The zero-order valence-electron chi connectivity index (χ0n) is 10.9. The number of hydrogen-bond donors (Lipinski definition) is 0.